The van der Waals surface area contributed by atoms with E-state index in [1.165, 1.54) is 30.1 Å². The maximum atomic E-state index is 13.2. The Hall–Kier alpha value is -4.26. The molecule has 2 fully saturated rings. The minimum absolute atomic E-state index is 0.0525. The summed E-state index contributed by atoms with van der Waals surface area (Å²) in [6.07, 6.45) is -5.49. The lowest BCUT2D eigenvalue weighted by Crippen LogP contribution is -2.47. The third-order valence-electron chi connectivity index (χ3n) is 7.60. The van der Waals surface area contributed by atoms with Crippen molar-refractivity contribution in [1.82, 2.24) is 14.6 Å². The standard InChI is InChI=1S/C28H30F4N6O5S/c1-36(21-6-4-20(29)5-7-21)44(42,43)35-27(41)18-9-13-37(14-10-18)26-19(16-33)15-22(24(39)8-11-28(30,31)32)23(34-26)17-38-12-2-3-25(38)40/h4-7,15,18H,2-3,8-14,17H2,1H3,(H,35,41). The Morgan fingerprint density at radius 1 is 1.16 bits per heavy atom. The summed E-state index contributed by atoms with van der Waals surface area (Å²) in [5.41, 5.74) is 0.0156. The average Bonchev–Trinajstić information content (AvgIpc) is 3.39. The lowest BCUT2D eigenvalue weighted by atomic mass is 9.95. The molecule has 2 aliphatic heterocycles. The Bertz CT molecular complexity index is 1570. The smallest absolute Gasteiger partial charge is 0.355 e. The van der Waals surface area contributed by atoms with Gasteiger partial charge < -0.3 is 9.80 Å². The van der Waals surface area contributed by atoms with E-state index in [1.54, 1.807) is 4.90 Å². The lowest BCUT2D eigenvalue weighted by Gasteiger charge is -2.33. The highest BCUT2D eigenvalue weighted by Gasteiger charge is 2.33. The third-order valence-corrected chi connectivity index (χ3v) is 8.99. The Morgan fingerprint density at radius 3 is 2.39 bits per heavy atom. The van der Waals surface area contributed by atoms with Crippen LogP contribution in [0.3, 0.4) is 0 Å². The Morgan fingerprint density at radius 2 is 1.82 bits per heavy atom. The number of piperidine rings is 1. The Kier molecular flexibility index (Phi) is 9.77. The van der Waals surface area contributed by atoms with Crippen molar-refractivity contribution in [3.05, 3.63) is 53.0 Å². The second kappa shape index (κ2) is 13.2. The van der Waals surface area contributed by atoms with Crippen molar-refractivity contribution in [2.75, 3.05) is 35.9 Å². The van der Waals surface area contributed by atoms with E-state index < -0.39 is 52.7 Å². The van der Waals surface area contributed by atoms with Gasteiger partial charge in [-0.1, -0.05) is 0 Å². The minimum atomic E-state index is -4.56. The molecule has 2 saturated heterocycles. The summed E-state index contributed by atoms with van der Waals surface area (Å²) in [6, 6.07) is 7.81. The zero-order chi connectivity index (χ0) is 32.2. The van der Waals surface area contributed by atoms with E-state index in [0.717, 1.165) is 16.4 Å². The number of alkyl halides is 3. The fraction of sp³-hybridized carbons (Fsp3) is 0.464. The van der Waals surface area contributed by atoms with Crippen LogP contribution in [0.15, 0.2) is 30.3 Å². The van der Waals surface area contributed by atoms with Gasteiger partial charge in [0.2, 0.25) is 11.8 Å². The quantitative estimate of drug-likeness (QED) is 0.308. The van der Waals surface area contributed by atoms with Gasteiger partial charge in [0, 0.05) is 51.0 Å². The van der Waals surface area contributed by atoms with Gasteiger partial charge in [-0.15, -0.1) is 0 Å². The maximum absolute atomic E-state index is 13.2. The molecule has 1 aromatic heterocycles. The van der Waals surface area contributed by atoms with Gasteiger partial charge in [-0.3, -0.25) is 18.7 Å². The number of halogens is 4. The van der Waals surface area contributed by atoms with Crippen LogP contribution < -0.4 is 13.9 Å². The van der Waals surface area contributed by atoms with Crippen LogP contribution in [0.5, 0.6) is 0 Å². The number of hydrogen-bond acceptors (Lipinski definition) is 8. The molecule has 2 aliphatic rings. The average molecular weight is 639 g/mol. The van der Waals surface area contributed by atoms with Crippen molar-refractivity contribution in [3.63, 3.8) is 0 Å². The molecule has 2 amide bonds. The molecule has 3 heterocycles. The van der Waals surface area contributed by atoms with Crippen LogP contribution in [0.4, 0.5) is 29.1 Å². The highest BCUT2D eigenvalue weighted by atomic mass is 32.2. The number of hydrogen-bond donors (Lipinski definition) is 1. The van der Waals surface area contributed by atoms with Gasteiger partial charge in [0.05, 0.1) is 29.9 Å². The van der Waals surface area contributed by atoms with E-state index >= 15 is 0 Å². The second-order valence-electron chi connectivity index (χ2n) is 10.6. The van der Waals surface area contributed by atoms with Gasteiger partial charge in [0.15, 0.2) is 5.78 Å². The van der Waals surface area contributed by atoms with Crippen molar-refractivity contribution >= 4 is 39.3 Å². The predicted molar refractivity (Wildman–Crippen MR) is 150 cm³/mol. The van der Waals surface area contributed by atoms with E-state index in [2.05, 4.69) is 4.98 Å². The number of nitrogens with zero attached hydrogens (tertiary/aromatic N) is 5. The molecule has 0 spiro atoms. The van der Waals surface area contributed by atoms with Crippen LogP contribution in [0.2, 0.25) is 0 Å². The fourth-order valence-electron chi connectivity index (χ4n) is 5.09. The second-order valence-corrected chi connectivity index (χ2v) is 12.3. The van der Waals surface area contributed by atoms with Crippen LogP contribution in [-0.4, -0.2) is 68.8 Å². The number of ketones is 1. The summed E-state index contributed by atoms with van der Waals surface area (Å²) < 4.78 is 80.0. The van der Waals surface area contributed by atoms with Crippen molar-refractivity contribution in [2.45, 2.75) is 51.2 Å². The van der Waals surface area contributed by atoms with Gasteiger partial charge in [0.25, 0.3) is 0 Å². The van der Waals surface area contributed by atoms with Gasteiger partial charge in [-0.05, 0) is 49.6 Å². The molecule has 0 radical (unpaired) electrons. The number of likely N-dealkylation sites (tertiary alicyclic amines) is 1. The number of pyridine rings is 1. The number of carbonyl (C=O) groups is 3. The number of Topliss-reactive ketones (excluding diaryl/α,β-unsaturated/α-hetero) is 1. The molecule has 0 bridgehead atoms. The van der Waals surface area contributed by atoms with Crippen molar-refractivity contribution in [3.8, 4) is 6.07 Å². The molecular weight excluding hydrogens is 608 g/mol. The summed E-state index contributed by atoms with van der Waals surface area (Å²) in [4.78, 5) is 45.6. The van der Waals surface area contributed by atoms with E-state index in [-0.39, 0.29) is 66.7 Å². The number of carbonyl (C=O) groups excluding carboxylic acids is 3. The monoisotopic (exact) mass is 638 g/mol. The summed E-state index contributed by atoms with van der Waals surface area (Å²) >= 11 is 0. The van der Waals surface area contributed by atoms with Crippen LogP contribution >= 0.6 is 0 Å². The number of nitriles is 1. The third kappa shape index (κ3) is 7.81. The van der Waals surface area contributed by atoms with Gasteiger partial charge >= 0.3 is 16.4 Å². The van der Waals surface area contributed by atoms with E-state index in [0.29, 0.717) is 19.4 Å². The zero-order valence-electron chi connectivity index (χ0n) is 23.7. The largest absolute Gasteiger partial charge is 0.389 e. The lowest BCUT2D eigenvalue weighted by molar-refractivity contribution is -0.133. The summed E-state index contributed by atoms with van der Waals surface area (Å²) in [5.74, 6) is -2.88. The van der Waals surface area contributed by atoms with Crippen LogP contribution in [-0.2, 0) is 26.3 Å². The number of amides is 2. The highest BCUT2D eigenvalue weighted by Crippen LogP contribution is 2.30. The molecule has 0 saturated carbocycles. The molecule has 1 aromatic carbocycles. The van der Waals surface area contributed by atoms with Gasteiger partial charge in [-0.2, -0.15) is 26.9 Å². The van der Waals surface area contributed by atoms with Gasteiger partial charge in [-0.25, -0.2) is 14.1 Å². The molecular formula is C28H30F4N6O5S. The molecule has 16 heteroatoms. The van der Waals surface area contributed by atoms with Crippen molar-refractivity contribution < 1.29 is 40.4 Å². The van der Waals surface area contributed by atoms with Crippen LogP contribution in [0, 0.1) is 23.1 Å². The van der Waals surface area contributed by atoms with Gasteiger partial charge in [0.1, 0.15) is 17.7 Å². The Balaban J connectivity index is 1.50. The number of benzene rings is 1. The van der Waals surface area contributed by atoms with E-state index in [4.69, 9.17) is 0 Å². The normalized spacial score (nSPS) is 16.1. The van der Waals surface area contributed by atoms with E-state index in [9.17, 15) is 45.6 Å². The molecule has 11 nitrogen and oxygen atoms in total. The number of anilines is 2. The van der Waals surface area contributed by atoms with Crippen molar-refractivity contribution in [1.29, 1.82) is 5.26 Å². The molecule has 0 unspecified atom stereocenters. The summed E-state index contributed by atoms with van der Waals surface area (Å²) in [6.45, 7) is 0.642. The first-order valence-corrected chi connectivity index (χ1v) is 15.3. The molecule has 44 heavy (non-hydrogen) atoms. The minimum Gasteiger partial charge on any atom is -0.355 e. The first kappa shape index (κ1) is 32.6. The topological polar surface area (TPSA) is 144 Å². The first-order valence-electron chi connectivity index (χ1n) is 13.8. The number of rotatable bonds is 10. The molecule has 0 atom stereocenters. The predicted octanol–water partition coefficient (Wildman–Crippen LogP) is 3.45. The van der Waals surface area contributed by atoms with Crippen molar-refractivity contribution in [2.24, 2.45) is 5.92 Å². The number of aromatic nitrogens is 1. The zero-order valence-corrected chi connectivity index (χ0v) is 24.5. The fourth-order valence-corrected chi connectivity index (χ4v) is 6.05. The first-order chi connectivity index (χ1) is 20.7. The molecule has 0 aliphatic carbocycles. The Labute approximate surface area is 251 Å². The van der Waals surface area contributed by atoms with Crippen LogP contribution in [0.1, 0.15) is 60.1 Å². The molecule has 4 rings (SSSR count). The highest BCUT2D eigenvalue weighted by molar-refractivity contribution is 7.91. The SMILES string of the molecule is CN(c1ccc(F)cc1)S(=O)(=O)NC(=O)C1CCN(c2nc(CN3CCCC3=O)c(C(=O)CCC(F)(F)F)cc2C#N)CC1. The molecule has 2 aromatic rings. The summed E-state index contributed by atoms with van der Waals surface area (Å²) in [7, 11) is -3.08. The van der Waals surface area contributed by atoms with E-state index in [1.807, 2.05) is 10.8 Å². The maximum Gasteiger partial charge on any atom is 0.389 e. The number of nitrogens with one attached hydrogen (secondary N) is 1. The molecule has 236 valence electrons. The molecule has 1 N–H and O–H groups in total. The van der Waals surface area contributed by atoms with Crippen LogP contribution in [0.25, 0.3) is 0 Å². The summed E-state index contributed by atoms with van der Waals surface area (Å²) in [5, 5.41) is 9.83.